The molecule has 3 rings (SSSR count). The number of nitrogens with one attached hydrogen (secondary N) is 1. The lowest BCUT2D eigenvalue weighted by Crippen LogP contribution is -2.41. The first-order valence-corrected chi connectivity index (χ1v) is 9.25. The van der Waals surface area contributed by atoms with Gasteiger partial charge in [-0.3, -0.25) is 9.69 Å². The Morgan fingerprint density at radius 2 is 2.08 bits per heavy atom. The minimum atomic E-state index is 0.0929. The van der Waals surface area contributed by atoms with Crippen molar-refractivity contribution >= 4 is 5.91 Å². The van der Waals surface area contributed by atoms with Gasteiger partial charge in [0.2, 0.25) is 5.91 Å². The van der Waals surface area contributed by atoms with Gasteiger partial charge in [0.15, 0.2) is 0 Å². The molecule has 0 spiro atoms. The molecule has 26 heavy (non-hydrogen) atoms. The van der Waals surface area contributed by atoms with Crippen LogP contribution < -0.4 is 10.1 Å². The van der Waals surface area contributed by atoms with Gasteiger partial charge in [-0.1, -0.05) is 18.2 Å². The molecule has 1 aromatic heterocycles. The van der Waals surface area contributed by atoms with E-state index in [2.05, 4.69) is 19.8 Å². The Bertz CT molecular complexity index is 720. The van der Waals surface area contributed by atoms with E-state index in [1.165, 1.54) is 0 Å². The van der Waals surface area contributed by atoms with Crippen LogP contribution in [-0.4, -0.2) is 53.6 Å². The van der Waals surface area contributed by atoms with E-state index in [9.17, 15) is 4.79 Å². The summed E-state index contributed by atoms with van der Waals surface area (Å²) in [5.41, 5.74) is 1.12. The molecule has 0 saturated carbocycles. The minimum Gasteiger partial charge on any atom is -0.496 e. The molecule has 0 bridgehead atoms. The van der Waals surface area contributed by atoms with Gasteiger partial charge in [0, 0.05) is 31.9 Å². The first-order chi connectivity index (χ1) is 12.7. The van der Waals surface area contributed by atoms with Crippen LogP contribution in [0.3, 0.4) is 0 Å². The molecule has 1 saturated heterocycles. The van der Waals surface area contributed by atoms with Crippen LogP contribution in [-0.2, 0) is 18.3 Å². The Hall–Kier alpha value is -2.34. The van der Waals surface area contributed by atoms with Gasteiger partial charge in [0.25, 0.3) is 0 Å². The summed E-state index contributed by atoms with van der Waals surface area (Å²) >= 11 is 0. The fraction of sp³-hybridized carbons (Fsp3) is 0.500. The maximum absolute atomic E-state index is 12.2. The van der Waals surface area contributed by atoms with E-state index < -0.39 is 0 Å². The van der Waals surface area contributed by atoms with Crippen molar-refractivity contribution in [1.29, 1.82) is 0 Å². The van der Waals surface area contributed by atoms with Gasteiger partial charge in [-0.05, 0) is 44.0 Å². The van der Waals surface area contributed by atoms with Gasteiger partial charge in [0.1, 0.15) is 11.6 Å². The topological polar surface area (TPSA) is 59.4 Å². The third kappa shape index (κ3) is 4.64. The zero-order valence-electron chi connectivity index (χ0n) is 15.6. The van der Waals surface area contributed by atoms with Crippen LogP contribution in [0.2, 0.25) is 0 Å². The van der Waals surface area contributed by atoms with Gasteiger partial charge < -0.3 is 14.6 Å². The molecule has 2 heterocycles. The Labute approximate surface area is 155 Å². The van der Waals surface area contributed by atoms with Gasteiger partial charge in [-0.15, -0.1) is 0 Å². The second-order valence-electron chi connectivity index (χ2n) is 6.86. The zero-order valence-corrected chi connectivity index (χ0v) is 15.6. The first kappa shape index (κ1) is 18.5. The molecule has 6 heteroatoms. The molecule has 6 nitrogen and oxygen atoms in total. The van der Waals surface area contributed by atoms with Crippen molar-refractivity contribution in [1.82, 2.24) is 19.8 Å². The minimum absolute atomic E-state index is 0.0929. The molecular weight excluding hydrogens is 328 g/mol. The number of piperidine rings is 1. The molecule has 1 fully saturated rings. The third-order valence-electron chi connectivity index (χ3n) is 5.09. The average Bonchev–Trinajstić information content (AvgIpc) is 3.09. The van der Waals surface area contributed by atoms with Crippen LogP contribution >= 0.6 is 0 Å². The van der Waals surface area contributed by atoms with Crippen molar-refractivity contribution in [2.75, 3.05) is 33.3 Å². The second-order valence-corrected chi connectivity index (χ2v) is 6.86. The summed E-state index contributed by atoms with van der Waals surface area (Å²) < 4.78 is 7.45. The number of rotatable bonds is 7. The van der Waals surface area contributed by atoms with Crippen molar-refractivity contribution in [3.63, 3.8) is 0 Å². The SMILES string of the molecule is COc1ccccc1CCNC(=O)CN1CCC(c2nccn2C)CC1. The number of carbonyl (C=O) groups is 1. The summed E-state index contributed by atoms with van der Waals surface area (Å²) in [6.45, 7) is 2.98. The number of carbonyl (C=O) groups excluding carboxylic acids is 1. The standard InChI is InChI=1S/C20H28N4O2/c1-23-14-11-22-20(23)17-8-12-24(13-9-17)15-19(25)21-10-7-16-5-3-4-6-18(16)26-2/h3-6,11,14,17H,7-10,12-13,15H2,1-2H3,(H,21,25). The second kappa shape index (κ2) is 8.85. The third-order valence-corrected chi connectivity index (χ3v) is 5.09. The molecule has 1 aliphatic heterocycles. The predicted molar refractivity (Wildman–Crippen MR) is 101 cm³/mol. The smallest absolute Gasteiger partial charge is 0.234 e. The molecule has 0 atom stereocenters. The maximum atomic E-state index is 12.2. The van der Waals surface area contributed by atoms with Crippen molar-refractivity contribution in [3.8, 4) is 5.75 Å². The number of aryl methyl sites for hydroxylation is 1. The number of likely N-dealkylation sites (tertiary alicyclic amines) is 1. The lowest BCUT2D eigenvalue weighted by molar-refractivity contribution is -0.122. The number of benzene rings is 1. The van der Waals surface area contributed by atoms with Gasteiger partial charge >= 0.3 is 0 Å². The normalized spacial score (nSPS) is 15.8. The molecule has 0 unspecified atom stereocenters. The molecule has 140 valence electrons. The first-order valence-electron chi connectivity index (χ1n) is 9.25. The van der Waals surface area contributed by atoms with Crippen LogP contribution in [0.5, 0.6) is 5.75 Å². The number of nitrogens with zero attached hydrogens (tertiary/aromatic N) is 3. The molecule has 0 aliphatic carbocycles. The van der Waals surface area contributed by atoms with E-state index in [0.29, 0.717) is 19.0 Å². The number of hydrogen-bond acceptors (Lipinski definition) is 4. The number of hydrogen-bond donors (Lipinski definition) is 1. The average molecular weight is 356 g/mol. The number of imidazole rings is 1. The summed E-state index contributed by atoms with van der Waals surface area (Å²) in [7, 11) is 3.72. The van der Waals surface area contributed by atoms with Crippen molar-refractivity contribution in [2.45, 2.75) is 25.2 Å². The van der Waals surface area contributed by atoms with Crippen molar-refractivity contribution in [3.05, 3.63) is 48.0 Å². The summed E-state index contributed by atoms with van der Waals surface area (Å²) in [6.07, 6.45) is 6.74. The molecule has 2 aromatic rings. The number of methoxy groups -OCH3 is 1. The predicted octanol–water partition coefficient (Wildman–Crippen LogP) is 1.97. The Morgan fingerprint density at radius 1 is 1.31 bits per heavy atom. The van der Waals surface area contributed by atoms with Gasteiger partial charge in [0.05, 0.1) is 13.7 Å². The Balaban J connectivity index is 1.39. The number of ether oxygens (including phenoxy) is 1. The molecule has 1 N–H and O–H groups in total. The Morgan fingerprint density at radius 3 is 2.77 bits per heavy atom. The highest BCUT2D eigenvalue weighted by molar-refractivity contribution is 5.78. The van der Waals surface area contributed by atoms with Crippen molar-refractivity contribution < 1.29 is 9.53 Å². The fourth-order valence-electron chi connectivity index (χ4n) is 3.62. The molecule has 1 amide bonds. The largest absolute Gasteiger partial charge is 0.496 e. The number of amides is 1. The highest BCUT2D eigenvalue weighted by Gasteiger charge is 2.24. The van der Waals surface area contributed by atoms with Crippen LogP contribution in [0.4, 0.5) is 0 Å². The number of para-hydroxylation sites is 1. The summed E-state index contributed by atoms with van der Waals surface area (Å²) in [5, 5.41) is 3.03. The number of aromatic nitrogens is 2. The van der Waals surface area contributed by atoms with Crippen LogP contribution in [0, 0.1) is 0 Å². The molecular formula is C20H28N4O2. The van der Waals surface area contributed by atoms with Crippen LogP contribution in [0.1, 0.15) is 30.1 Å². The van der Waals surface area contributed by atoms with Crippen LogP contribution in [0.15, 0.2) is 36.7 Å². The van der Waals surface area contributed by atoms with Crippen LogP contribution in [0.25, 0.3) is 0 Å². The van der Waals surface area contributed by atoms with E-state index in [0.717, 1.165) is 49.5 Å². The molecule has 1 aromatic carbocycles. The molecule has 0 radical (unpaired) electrons. The lowest BCUT2D eigenvalue weighted by Gasteiger charge is -2.31. The quantitative estimate of drug-likeness (QED) is 0.824. The summed E-state index contributed by atoms with van der Waals surface area (Å²) in [6, 6.07) is 7.93. The van der Waals surface area contributed by atoms with Gasteiger partial charge in [-0.25, -0.2) is 4.98 Å². The highest BCUT2D eigenvalue weighted by atomic mass is 16.5. The van der Waals surface area contributed by atoms with E-state index in [-0.39, 0.29) is 5.91 Å². The maximum Gasteiger partial charge on any atom is 0.234 e. The fourth-order valence-corrected chi connectivity index (χ4v) is 3.62. The van der Waals surface area contributed by atoms with E-state index >= 15 is 0 Å². The molecule has 1 aliphatic rings. The highest BCUT2D eigenvalue weighted by Crippen LogP contribution is 2.26. The lowest BCUT2D eigenvalue weighted by atomic mass is 9.96. The van der Waals surface area contributed by atoms with Crippen molar-refractivity contribution in [2.24, 2.45) is 7.05 Å². The summed E-state index contributed by atoms with van der Waals surface area (Å²) in [4.78, 5) is 18.9. The summed E-state index contributed by atoms with van der Waals surface area (Å²) in [5.74, 6) is 2.62. The van der Waals surface area contributed by atoms with E-state index in [1.54, 1.807) is 7.11 Å². The van der Waals surface area contributed by atoms with E-state index in [1.807, 2.05) is 43.7 Å². The van der Waals surface area contributed by atoms with E-state index in [4.69, 9.17) is 4.74 Å². The zero-order chi connectivity index (χ0) is 18.4. The Kier molecular flexibility index (Phi) is 6.28. The monoisotopic (exact) mass is 356 g/mol. The van der Waals surface area contributed by atoms with Gasteiger partial charge in [-0.2, -0.15) is 0 Å².